The van der Waals surface area contributed by atoms with E-state index in [9.17, 15) is 4.79 Å². The first-order valence-corrected chi connectivity index (χ1v) is 7.36. The maximum atomic E-state index is 10.9. The number of rotatable bonds is 6. The number of hydrogen-bond acceptors (Lipinski definition) is 3. The summed E-state index contributed by atoms with van der Waals surface area (Å²) in [5.41, 5.74) is 0. The van der Waals surface area contributed by atoms with E-state index < -0.39 is 5.97 Å². The molecule has 1 aliphatic heterocycles. The molecule has 1 aliphatic rings. The molecule has 0 atom stereocenters. The summed E-state index contributed by atoms with van der Waals surface area (Å²) in [6.45, 7) is 3.37. The molecular weight excluding hydrogens is 278 g/mol. The summed E-state index contributed by atoms with van der Waals surface area (Å²) in [5, 5.41) is 9.64. The molecule has 0 saturated carbocycles. The van der Waals surface area contributed by atoms with E-state index in [0.717, 1.165) is 44.6 Å². The van der Waals surface area contributed by atoms with Gasteiger partial charge in [-0.1, -0.05) is 11.6 Å². The first-order valence-electron chi connectivity index (χ1n) is 6.98. The molecule has 1 fully saturated rings. The largest absolute Gasteiger partial charge is 0.494 e. The molecule has 0 spiro atoms. The molecule has 1 aromatic rings. The smallest absolute Gasteiger partial charge is 0.306 e. The van der Waals surface area contributed by atoms with E-state index in [1.165, 1.54) is 0 Å². The van der Waals surface area contributed by atoms with Gasteiger partial charge in [-0.05, 0) is 56.6 Å². The van der Waals surface area contributed by atoms with Gasteiger partial charge in [-0.2, -0.15) is 0 Å². The second-order valence-corrected chi connectivity index (χ2v) is 5.55. The summed E-state index contributed by atoms with van der Waals surface area (Å²) in [6.07, 6.45) is 2.46. The SMILES string of the molecule is O=C(O)C1CCN(CCCOc2ccc(Cl)cc2)CC1. The van der Waals surface area contributed by atoms with E-state index in [2.05, 4.69) is 4.90 Å². The number of carboxylic acid groups (broad SMARTS) is 1. The summed E-state index contributed by atoms with van der Waals surface area (Å²) in [5.74, 6) is 0.0197. The molecule has 0 unspecified atom stereocenters. The number of nitrogens with zero attached hydrogens (tertiary/aromatic N) is 1. The van der Waals surface area contributed by atoms with E-state index in [4.69, 9.17) is 21.4 Å². The summed E-state index contributed by atoms with van der Waals surface area (Å²) < 4.78 is 5.63. The predicted octanol–water partition coefficient (Wildman–Crippen LogP) is 2.91. The molecular formula is C15H20ClNO3. The number of ether oxygens (including phenoxy) is 1. The van der Waals surface area contributed by atoms with Crippen LogP contribution in [0.1, 0.15) is 19.3 Å². The highest BCUT2D eigenvalue weighted by atomic mass is 35.5. The minimum absolute atomic E-state index is 0.156. The van der Waals surface area contributed by atoms with Crippen molar-refractivity contribution >= 4 is 17.6 Å². The quantitative estimate of drug-likeness (QED) is 0.820. The maximum Gasteiger partial charge on any atom is 0.306 e. The molecule has 110 valence electrons. The van der Waals surface area contributed by atoms with Gasteiger partial charge in [0.2, 0.25) is 0 Å². The highest BCUT2D eigenvalue weighted by Gasteiger charge is 2.23. The van der Waals surface area contributed by atoms with Crippen LogP contribution in [0.25, 0.3) is 0 Å². The van der Waals surface area contributed by atoms with E-state index in [1.54, 1.807) is 0 Å². The molecule has 1 aromatic carbocycles. The zero-order chi connectivity index (χ0) is 14.4. The summed E-state index contributed by atoms with van der Waals surface area (Å²) >= 11 is 5.80. The molecule has 0 aliphatic carbocycles. The fourth-order valence-electron chi connectivity index (χ4n) is 2.41. The molecule has 4 nitrogen and oxygen atoms in total. The third kappa shape index (κ3) is 4.69. The number of likely N-dealkylation sites (tertiary alicyclic amines) is 1. The van der Waals surface area contributed by atoms with Gasteiger partial charge in [0.15, 0.2) is 0 Å². The predicted molar refractivity (Wildman–Crippen MR) is 78.4 cm³/mol. The highest BCUT2D eigenvalue weighted by molar-refractivity contribution is 6.30. The molecule has 20 heavy (non-hydrogen) atoms. The normalized spacial score (nSPS) is 17.1. The fourth-order valence-corrected chi connectivity index (χ4v) is 2.54. The standard InChI is InChI=1S/C15H20ClNO3/c16-13-2-4-14(5-3-13)20-11-1-8-17-9-6-12(7-10-17)15(18)19/h2-5,12H,1,6-11H2,(H,18,19). The zero-order valence-electron chi connectivity index (χ0n) is 11.4. The van der Waals surface area contributed by atoms with Crippen LogP contribution >= 0.6 is 11.6 Å². The van der Waals surface area contributed by atoms with E-state index in [0.29, 0.717) is 11.6 Å². The maximum absolute atomic E-state index is 10.9. The van der Waals surface area contributed by atoms with Crippen molar-refractivity contribution in [2.24, 2.45) is 5.92 Å². The number of hydrogen-bond donors (Lipinski definition) is 1. The molecule has 0 radical (unpaired) electrons. The van der Waals surface area contributed by atoms with Crippen LogP contribution in [0.2, 0.25) is 5.02 Å². The number of aliphatic carboxylic acids is 1. The van der Waals surface area contributed by atoms with Crippen LogP contribution in [0, 0.1) is 5.92 Å². The monoisotopic (exact) mass is 297 g/mol. The minimum Gasteiger partial charge on any atom is -0.494 e. The van der Waals surface area contributed by atoms with Gasteiger partial charge in [-0.25, -0.2) is 0 Å². The van der Waals surface area contributed by atoms with Gasteiger partial charge in [-0.3, -0.25) is 4.79 Å². The Morgan fingerprint density at radius 3 is 2.55 bits per heavy atom. The summed E-state index contributed by atoms with van der Waals surface area (Å²) in [6, 6.07) is 7.35. The van der Waals surface area contributed by atoms with Crippen molar-refractivity contribution in [3.63, 3.8) is 0 Å². The molecule has 0 amide bonds. The molecule has 0 aromatic heterocycles. The number of carbonyl (C=O) groups is 1. The average molecular weight is 298 g/mol. The van der Waals surface area contributed by atoms with Crippen molar-refractivity contribution < 1.29 is 14.6 Å². The van der Waals surface area contributed by atoms with Crippen molar-refractivity contribution in [3.05, 3.63) is 29.3 Å². The second-order valence-electron chi connectivity index (χ2n) is 5.11. The number of piperidine rings is 1. The van der Waals surface area contributed by atoms with Gasteiger partial charge in [0.25, 0.3) is 0 Å². The van der Waals surface area contributed by atoms with Crippen molar-refractivity contribution in [1.29, 1.82) is 0 Å². The van der Waals surface area contributed by atoms with Gasteiger partial charge in [0.05, 0.1) is 12.5 Å². The third-order valence-corrected chi connectivity index (χ3v) is 3.89. The Morgan fingerprint density at radius 1 is 1.30 bits per heavy atom. The van der Waals surface area contributed by atoms with Crippen LogP contribution < -0.4 is 4.74 Å². The Bertz CT molecular complexity index is 427. The first-order chi connectivity index (χ1) is 9.65. The summed E-state index contributed by atoms with van der Waals surface area (Å²) in [7, 11) is 0. The molecule has 1 heterocycles. The minimum atomic E-state index is -0.657. The van der Waals surface area contributed by atoms with Crippen LogP contribution in [0.5, 0.6) is 5.75 Å². The Kier molecular flexibility index (Phi) is 5.68. The van der Waals surface area contributed by atoms with Gasteiger partial charge in [-0.15, -0.1) is 0 Å². The average Bonchev–Trinajstić information content (AvgIpc) is 2.46. The third-order valence-electron chi connectivity index (χ3n) is 3.64. The van der Waals surface area contributed by atoms with Crippen molar-refractivity contribution in [2.45, 2.75) is 19.3 Å². The van der Waals surface area contributed by atoms with Crippen molar-refractivity contribution in [2.75, 3.05) is 26.2 Å². The van der Waals surface area contributed by atoms with Gasteiger partial charge >= 0.3 is 5.97 Å². The van der Waals surface area contributed by atoms with Crippen molar-refractivity contribution in [3.8, 4) is 5.75 Å². The lowest BCUT2D eigenvalue weighted by molar-refractivity contribution is -0.143. The van der Waals surface area contributed by atoms with Crippen LogP contribution in [-0.2, 0) is 4.79 Å². The molecule has 5 heteroatoms. The van der Waals surface area contributed by atoms with Crippen LogP contribution in [0.3, 0.4) is 0 Å². The van der Waals surface area contributed by atoms with Crippen LogP contribution in [0.4, 0.5) is 0 Å². The topological polar surface area (TPSA) is 49.8 Å². The molecule has 1 saturated heterocycles. The van der Waals surface area contributed by atoms with E-state index in [-0.39, 0.29) is 5.92 Å². The zero-order valence-corrected chi connectivity index (χ0v) is 12.2. The van der Waals surface area contributed by atoms with Crippen molar-refractivity contribution in [1.82, 2.24) is 4.90 Å². The van der Waals surface area contributed by atoms with E-state index >= 15 is 0 Å². The van der Waals surface area contributed by atoms with Gasteiger partial charge in [0, 0.05) is 11.6 Å². The number of halogens is 1. The number of benzene rings is 1. The molecule has 0 bridgehead atoms. The van der Waals surface area contributed by atoms with Gasteiger partial charge in [0.1, 0.15) is 5.75 Å². The highest BCUT2D eigenvalue weighted by Crippen LogP contribution is 2.18. The van der Waals surface area contributed by atoms with Crippen LogP contribution in [-0.4, -0.2) is 42.2 Å². The Balaban J connectivity index is 1.60. The second kappa shape index (κ2) is 7.50. The molecule has 1 N–H and O–H groups in total. The summed E-state index contributed by atoms with van der Waals surface area (Å²) in [4.78, 5) is 13.2. The Morgan fingerprint density at radius 2 is 1.95 bits per heavy atom. The Labute approximate surface area is 124 Å². The first kappa shape index (κ1) is 15.1. The van der Waals surface area contributed by atoms with Gasteiger partial charge < -0.3 is 14.7 Å². The number of carboxylic acids is 1. The van der Waals surface area contributed by atoms with E-state index in [1.807, 2.05) is 24.3 Å². The Hall–Kier alpha value is -1.26. The lowest BCUT2D eigenvalue weighted by Gasteiger charge is -2.29. The fraction of sp³-hybridized carbons (Fsp3) is 0.533. The molecule has 2 rings (SSSR count). The lowest BCUT2D eigenvalue weighted by atomic mass is 9.97. The van der Waals surface area contributed by atoms with Crippen LogP contribution in [0.15, 0.2) is 24.3 Å². The lowest BCUT2D eigenvalue weighted by Crippen LogP contribution is -2.37.